The third-order valence-electron chi connectivity index (χ3n) is 2.34. The zero-order valence-electron chi connectivity index (χ0n) is 10.0. The molecule has 0 aliphatic rings. The molecule has 0 aliphatic carbocycles. The van der Waals surface area contributed by atoms with E-state index in [1.807, 2.05) is 19.1 Å². The molecule has 0 atom stereocenters. The summed E-state index contributed by atoms with van der Waals surface area (Å²) in [4.78, 5) is 8.02. The Bertz CT molecular complexity index is 631. The molecule has 0 saturated heterocycles. The van der Waals surface area contributed by atoms with Gasteiger partial charge in [0.05, 0.1) is 0 Å². The van der Waals surface area contributed by atoms with Crippen LogP contribution in [-0.2, 0) is 0 Å². The number of halogens is 1. The smallest absolute Gasteiger partial charge is 0.322 e. The zero-order valence-corrected chi connectivity index (χ0v) is 11.6. The van der Waals surface area contributed by atoms with Crippen molar-refractivity contribution in [1.29, 1.82) is 0 Å². The van der Waals surface area contributed by atoms with Crippen molar-refractivity contribution >= 4 is 21.8 Å². The fourth-order valence-corrected chi connectivity index (χ4v) is 1.89. The van der Waals surface area contributed by atoms with E-state index in [-0.39, 0.29) is 11.8 Å². The lowest BCUT2D eigenvalue weighted by Gasteiger charge is -2.07. The molecular weight excluding hydrogens is 312 g/mol. The SMILES string of the molecule is Cc1cc(Br)ccc1Oc1nccc(/C(N)=N/O)n1. The van der Waals surface area contributed by atoms with E-state index in [4.69, 9.17) is 15.7 Å². The van der Waals surface area contributed by atoms with E-state index < -0.39 is 0 Å². The van der Waals surface area contributed by atoms with Crippen molar-refractivity contribution in [2.45, 2.75) is 6.92 Å². The number of oxime groups is 1. The topological polar surface area (TPSA) is 93.6 Å². The Morgan fingerprint density at radius 1 is 1.42 bits per heavy atom. The lowest BCUT2D eigenvalue weighted by molar-refractivity contribution is 0.318. The number of aromatic nitrogens is 2. The molecule has 6 nitrogen and oxygen atoms in total. The molecule has 2 rings (SSSR count). The minimum atomic E-state index is -0.0974. The molecule has 0 amide bonds. The van der Waals surface area contributed by atoms with Gasteiger partial charge in [0.1, 0.15) is 11.4 Å². The lowest BCUT2D eigenvalue weighted by atomic mass is 10.2. The second-order valence-corrected chi connectivity index (χ2v) is 4.64. The fraction of sp³-hybridized carbons (Fsp3) is 0.0833. The van der Waals surface area contributed by atoms with Gasteiger partial charge in [0.15, 0.2) is 5.84 Å². The number of rotatable bonds is 3. The van der Waals surface area contributed by atoms with Gasteiger partial charge in [-0.05, 0) is 36.8 Å². The summed E-state index contributed by atoms with van der Waals surface area (Å²) in [6.07, 6.45) is 1.48. The minimum Gasteiger partial charge on any atom is -0.424 e. The first-order valence-electron chi connectivity index (χ1n) is 5.35. The molecule has 98 valence electrons. The average Bonchev–Trinajstić information content (AvgIpc) is 2.41. The fourth-order valence-electron chi connectivity index (χ4n) is 1.41. The van der Waals surface area contributed by atoms with E-state index in [0.717, 1.165) is 10.0 Å². The van der Waals surface area contributed by atoms with Crippen LogP contribution in [0.25, 0.3) is 0 Å². The third-order valence-corrected chi connectivity index (χ3v) is 2.84. The van der Waals surface area contributed by atoms with Gasteiger partial charge in [-0.15, -0.1) is 0 Å². The van der Waals surface area contributed by atoms with Crippen molar-refractivity contribution in [3.63, 3.8) is 0 Å². The van der Waals surface area contributed by atoms with E-state index >= 15 is 0 Å². The summed E-state index contributed by atoms with van der Waals surface area (Å²) in [5.74, 6) is 0.541. The Morgan fingerprint density at radius 3 is 2.89 bits per heavy atom. The minimum absolute atomic E-state index is 0.0974. The molecule has 0 aliphatic heterocycles. The van der Waals surface area contributed by atoms with Crippen LogP contribution in [0.4, 0.5) is 0 Å². The highest BCUT2D eigenvalue weighted by atomic mass is 79.9. The molecule has 0 fully saturated rings. The van der Waals surface area contributed by atoms with Crippen LogP contribution in [0.1, 0.15) is 11.3 Å². The largest absolute Gasteiger partial charge is 0.424 e. The predicted octanol–water partition coefficient (Wildman–Crippen LogP) is 2.43. The van der Waals surface area contributed by atoms with Gasteiger partial charge in [0, 0.05) is 10.7 Å². The average molecular weight is 323 g/mol. The third kappa shape index (κ3) is 3.19. The molecule has 1 aromatic heterocycles. The molecular formula is C12H11BrN4O2. The van der Waals surface area contributed by atoms with Crippen LogP contribution < -0.4 is 10.5 Å². The van der Waals surface area contributed by atoms with Crippen molar-refractivity contribution in [2.24, 2.45) is 10.9 Å². The van der Waals surface area contributed by atoms with E-state index in [1.54, 1.807) is 6.07 Å². The van der Waals surface area contributed by atoms with Gasteiger partial charge in [-0.1, -0.05) is 21.1 Å². The Balaban J connectivity index is 2.28. The first kappa shape index (κ1) is 13.3. The van der Waals surface area contributed by atoms with Gasteiger partial charge in [-0.2, -0.15) is 4.98 Å². The lowest BCUT2D eigenvalue weighted by Crippen LogP contribution is -2.15. The zero-order chi connectivity index (χ0) is 13.8. The maximum absolute atomic E-state index is 8.60. The number of ether oxygens (including phenoxy) is 1. The predicted molar refractivity (Wildman–Crippen MR) is 73.5 cm³/mol. The van der Waals surface area contributed by atoms with Crippen molar-refractivity contribution in [1.82, 2.24) is 9.97 Å². The van der Waals surface area contributed by atoms with Crippen LogP contribution in [0.5, 0.6) is 11.8 Å². The first-order chi connectivity index (χ1) is 9.10. The number of amidine groups is 1. The van der Waals surface area contributed by atoms with Crippen LogP contribution >= 0.6 is 15.9 Å². The number of nitrogens with zero attached hydrogens (tertiary/aromatic N) is 3. The van der Waals surface area contributed by atoms with Gasteiger partial charge < -0.3 is 15.7 Å². The molecule has 0 unspecified atom stereocenters. The highest BCUT2D eigenvalue weighted by molar-refractivity contribution is 9.10. The van der Waals surface area contributed by atoms with Gasteiger partial charge in [-0.25, -0.2) is 4.98 Å². The molecule has 0 bridgehead atoms. The normalized spacial score (nSPS) is 11.4. The molecule has 19 heavy (non-hydrogen) atoms. The second kappa shape index (κ2) is 5.66. The van der Waals surface area contributed by atoms with E-state index in [9.17, 15) is 0 Å². The molecule has 1 aromatic carbocycles. The van der Waals surface area contributed by atoms with Gasteiger partial charge in [0.2, 0.25) is 0 Å². The number of hydrogen-bond acceptors (Lipinski definition) is 5. The first-order valence-corrected chi connectivity index (χ1v) is 6.14. The Labute approximate surface area is 118 Å². The quantitative estimate of drug-likeness (QED) is 0.392. The summed E-state index contributed by atoms with van der Waals surface area (Å²) in [7, 11) is 0. The number of aryl methyl sites for hydroxylation is 1. The standard InChI is InChI=1S/C12H11BrN4O2/c1-7-6-8(13)2-3-10(7)19-12-15-5-4-9(16-12)11(14)17-18/h2-6,18H,1H3,(H2,14,17). The number of hydrogen-bond donors (Lipinski definition) is 2. The highest BCUT2D eigenvalue weighted by Crippen LogP contribution is 2.25. The monoisotopic (exact) mass is 322 g/mol. The van der Waals surface area contributed by atoms with Gasteiger partial charge in [0.25, 0.3) is 0 Å². The molecule has 2 aromatic rings. The maximum atomic E-state index is 8.60. The summed E-state index contributed by atoms with van der Waals surface area (Å²) >= 11 is 3.37. The molecule has 0 saturated carbocycles. The number of benzene rings is 1. The molecule has 7 heteroatoms. The van der Waals surface area contributed by atoms with E-state index in [0.29, 0.717) is 11.4 Å². The molecule has 3 N–H and O–H groups in total. The van der Waals surface area contributed by atoms with Crippen molar-refractivity contribution in [3.05, 3.63) is 46.2 Å². The Morgan fingerprint density at radius 2 is 2.21 bits per heavy atom. The Hall–Kier alpha value is -2.15. The van der Waals surface area contributed by atoms with E-state index in [2.05, 4.69) is 31.1 Å². The summed E-state index contributed by atoms with van der Waals surface area (Å²) < 4.78 is 6.53. The van der Waals surface area contributed by atoms with Crippen LogP contribution in [0.2, 0.25) is 0 Å². The summed E-state index contributed by atoms with van der Waals surface area (Å²) in [5, 5.41) is 11.5. The summed E-state index contributed by atoms with van der Waals surface area (Å²) in [6.45, 7) is 1.91. The Kier molecular flexibility index (Phi) is 3.96. The highest BCUT2D eigenvalue weighted by Gasteiger charge is 2.07. The molecule has 1 heterocycles. The van der Waals surface area contributed by atoms with Crippen LogP contribution in [0, 0.1) is 6.92 Å². The van der Waals surface area contributed by atoms with Crippen LogP contribution in [-0.4, -0.2) is 21.0 Å². The van der Waals surface area contributed by atoms with Gasteiger partial charge in [-0.3, -0.25) is 0 Å². The maximum Gasteiger partial charge on any atom is 0.322 e. The van der Waals surface area contributed by atoms with Crippen LogP contribution in [0.15, 0.2) is 40.1 Å². The van der Waals surface area contributed by atoms with E-state index in [1.165, 1.54) is 12.3 Å². The van der Waals surface area contributed by atoms with Crippen molar-refractivity contribution in [3.8, 4) is 11.8 Å². The van der Waals surface area contributed by atoms with Crippen molar-refractivity contribution in [2.75, 3.05) is 0 Å². The summed E-state index contributed by atoms with van der Waals surface area (Å²) in [6, 6.07) is 7.24. The molecule has 0 radical (unpaired) electrons. The number of nitrogens with two attached hydrogens (primary N) is 1. The van der Waals surface area contributed by atoms with Crippen LogP contribution in [0.3, 0.4) is 0 Å². The summed E-state index contributed by atoms with van der Waals surface area (Å²) in [5.41, 5.74) is 6.69. The van der Waals surface area contributed by atoms with Gasteiger partial charge >= 0.3 is 6.01 Å². The van der Waals surface area contributed by atoms with Crippen molar-refractivity contribution < 1.29 is 9.94 Å². The molecule has 0 spiro atoms. The second-order valence-electron chi connectivity index (χ2n) is 3.72.